The number of aromatic nitrogens is 1. The highest BCUT2D eigenvalue weighted by atomic mass is 19.1. The fraction of sp³-hybridized carbons (Fsp3) is 0.545. The molecule has 1 aromatic heterocycles. The lowest BCUT2D eigenvalue weighted by Gasteiger charge is -2.20. The van der Waals surface area contributed by atoms with Crippen molar-refractivity contribution >= 4 is 0 Å². The first-order valence-corrected chi connectivity index (χ1v) is 4.62. The van der Waals surface area contributed by atoms with Crippen LogP contribution >= 0.6 is 0 Å². The van der Waals surface area contributed by atoms with Crippen molar-refractivity contribution in [2.45, 2.75) is 32.6 Å². The van der Waals surface area contributed by atoms with Crippen LogP contribution in [-0.2, 0) is 11.8 Å². The number of alkyl halides is 1. The summed E-state index contributed by atoms with van der Waals surface area (Å²) in [5.41, 5.74) is 1.42. The van der Waals surface area contributed by atoms with E-state index in [0.29, 0.717) is 0 Å². The maximum atomic E-state index is 12.7. The zero-order chi connectivity index (χ0) is 9.90. The first-order valence-electron chi connectivity index (χ1n) is 4.62. The molecule has 1 aromatic rings. The van der Waals surface area contributed by atoms with E-state index in [9.17, 15) is 4.39 Å². The van der Waals surface area contributed by atoms with Crippen LogP contribution in [0.4, 0.5) is 4.39 Å². The molecule has 0 aliphatic rings. The van der Waals surface area contributed by atoms with E-state index in [2.05, 4.69) is 11.9 Å². The van der Waals surface area contributed by atoms with Gasteiger partial charge in [-0.25, -0.2) is 0 Å². The molecule has 0 spiro atoms. The minimum absolute atomic E-state index is 0.368. The van der Waals surface area contributed by atoms with Crippen molar-refractivity contribution in [2.75, 3.05) is 6.67 Å². The Hall–Kier alpha value is -0.920. The maximum Gasteiger partial charge on any atom is 0.100 e. The van der Waals surface area contributed by atoms with Gasteiger partial charge >= 0.3 is 0 Å². The number of aryl methyl sites for hydroxylation is 1. The Kier molecular flexibility index (Phi) is 3.02. The van der Waals surface area contributed by atoms with Crippen molar-refractivity contribution < 1.29 is 4.39 Å². The maximum absolute atomic E-state index is 12.7. The molecule has 1 heterocycles. The van der Waals surface area contributed by atoms with Crippen LogP contribution in [0.1, 0.15) is 32.2 Å². The van der Waals surface area contributed by atoms with E-state index in [1.54, 1.807) is 0 Å². The first-order chi connectivity index (χ1) is 6.10. The summed E-state index contributed by atoms with van der Waals surface area (Å²) in [6.07, 6.45) is 0.899. The molecule has 0 atom stereocenters. The summed E-state index contributed by atoms with van der Waals surface area (Å²) in [5, 5.41) is 0. The van der Waals surface area contributed by atoms with Crippen LogP contribution in [0.3, 0.4) is 0 Å². The zero-order valence-electron chi connectivity index (χ0n) is 8.47. The van der Waals surface area contributed by atoms with E-state index in [4.69, 9.17) is 0 Å². The number of halogens is 1. The van der Waals surface area contributed by atoms with Crippen LogP contribution < -0.4 is 0 Å². The molecule has 0 aromatic carbocycles. The molecule has 1 rings (SSSR count). The predicted octanol–water partition coefficient (Wildman–Crippen LogP) is 2.89. The van der Waals surface area contributed by atoms with Crippen molar-refractivity contribution in [1.82, 2.24) is 4.98 Å². The Morgan fingerprint density at radius 2 is 2.08 bits per heavy atom. The molecule has 0 radical (unpaired) electrons. The number of hydrogen-bond acceptors (Lipinski definition) is 1. The third kappa shape index (κ3) is 2.27. The Balaban J connectivity index is 3.01. The quantitative estimate of drug-likeness (QED) is 0.698. The van der Waals surface area contributed by atoms with Crippen molar-refractivity contribution in [1.29, 1.82) is 0 Å². The summed E-state index contributed by atoms with van der Waals surface area (Å²) in [7, 11) is 0. The van der Waals surface area contributed by atoms with Gasteiger partial charge in [-0.1, -0.05) is 26.8 Å². The summed E-state index contributed by atoms with van der Waals surface area (Å²) >= 11 is 0. The average Bonchev–Trinajstić information content (AvgIpc) is 2.18. The Labute approximate surface area is 79.0 Å². The SMILES string of the molecule is CCc1cccc(C(C)(C)CF)n1. The summed E-state index contributed by atoms with van der Waals surface area (Å²) in [6, 6.07) is 5.80. The minimum Gasteiger partial charge on any atom is -0.257 e. The van der Waals surface area contributed by atoms with Crippen LogP contribution in [-0.4, -0.2) is 11.7 Å². The molecule has 0 aliphatic heterocycles. The van der Waals surface area contributed by atoms with Gasteiger partial charge < -0.3 is 0 Å². The molecule has 0 amide bonds. The second-order valence-electron chi connectivity index (χ2n) is 3.89. The highest BCUT2D eigenvalue weighted by molar-refractivity contribution is 5.18. The molecule has 0 saturated heterocycles. The van der Waals surface area contributed by atoms with Gasteiger partial charge in [0, 0.05) is 16.8 Å². The fourth-order valence-corrected chi connectivity index (χ4v) is 1.12. The monoisotopic (exact) mass is 181 g/mol. The minimum atomic E-state index is -0.453. The highest BCUT2D eigenvalue weighted by Gasteiger charge is 2.21. The number of nitrogens with zero attached hydrogens (tertiary/aromatic N) is 1. The summed E-state index contributed by atoms with van der Waals surface area (Å²) in [5.74, 6) is 0. The van der Waals surface area contributed by atoms with Gasteiger partial charge in [-0.05, 0) is 18.6 Å². The lowest BCUT2D eigenvalue weighted by molar-refractivity contribution is 0.344. The summed E-state index contributed by atoms with van der Waals surface area (Å²) < 4.78 is 12.7. The molecule has 0 unspecified atom stereocenters. The first kappa shape index (κ1) is 10.2. The molecule has 0 fully saturated rings. The lowest BCUT2D eigenvalue weighted by atomic mass is 9.90. The van der Waals surface area contributed by atoms with E-state index in [1.807, 2.05) is 32.0 Å². The Morgan fingerprint density at radius 1 is 1.38 bits per heavy atom. The second-order valence-corrected chi connectivity index (χ2v) is 3.89. The van der Waals surface area contributed by atoms with Crippen LogP contribution in [0.2, 0.25) is 0 Å². The summed E-state index contributed by atoms with van der Waals surface area (Å²) in [6.45, 7) is 5.42. The molecule has 0 saturated carbocycles. The van der Waals surface area contributed by atoms with Crippen molar-refractivity contribution in [3.05, 3.63) is 29.6 Å². The molecular formula is C11H16FN. The van der Waals surface area contributed by atoms with Crippen molar-refractivity contribution in [2.24, 2.45) is 0 Å². The van der Waals surface area contributed by atoms with Gasteiger partial charge in [0.25, 0.3) is 0 Å². The Morgan fingerprint density at radius 3 is 2.62 bits per heavy atom. The number of rotatable bonds is 3. The molecule has 2 heteroatoms. The van der Waals surface area contributed by atoms with Gasteiger partial charge in [-0.15, -0.1) is 0 Å². The third-order valence-electron chi connectivity index (χ3n) is 2.20. The van der Waals surface area contributed by atoms with Crippen LogP contribution in [0, 0.1) is 0 Å². The van der Waals surface area contributed by atoms with Gasteiger partial charge in [0.05, 0.1) is 0 Å². The topological polar surface area (TPSA) is 12.9 Å². The molecule has 13 heavy (non-hydrogen) atoms. The lowest BCUT2D eigenvalue weighted by Crippen LogP contribution is -2.21. The van der Waals surface area contributed by atoms with Gasteiger partial charge in [0.1, 0.15) is 6.67 Å². The summed E-state index contributed by atoms with van der Waals surface area (Å²) in [4.78, 5) is 4.39. The number of pyridine rings is 1. The van der Waals surface area contributed by atoms with E-state index in [1.165, 1.54) is 0 Å². The van der Waals surface area contributed by atoms with Gasteiger partial charge in [-0.3, -0.25) is 9.37 Å². The van der Waals surface area contributed by atoms with Crippen LogP contribution in [0.15, 0.2) is 18.2 Å². The molecule has 0 N–H and O–H groups in total. The van der Waals surface area contributed by atoms with E-state index in [0.717, 1.165) is 17.8 Å². The second kappa shape index (κ2) is 3.86. The predicted molar refractivity (Wildman–Crippen MR) is 52.6 cm³/mol. The molecule has 0 aliphatic carbocycles. The van der Waals surface area contributed by atoms with Crippen molar-refractivity contribution in [3.8, 4) is 0 Å². The fourth-order valence-electron chi connectivity index (χ4n) is 1.12. The smallest absolute Gasteiger partial charge is 0.100 e. The van der Waals surface area contributed by atoms with E-state index < -0.39 is 5.41 Å². The van der Waals surface area contributed by atoms with E-state index >= 15 is 0 Å². The zero-order valence-corrected chi connectivity index (χ0v) is 8.47. The van der Waals surface area contributed by atoms with Crippen LogP contribution in [0.25, 0.3) is 0 Å². The number of hydrogen-bond donors (Lipinski definition) is 0. The highest BCUT2D eigenvalue weighted by Crippen LogP contribution is 2.21. The van der Waals surface area contributed by atoms with Crippen LogP contribution in [0.5, 0.6) is 0 Å². The normalized spacial score (nSPS) is 11.7. The van der Waals surface area contributed by atoms with Gasteiger partial charge in [-0.2, -0.15) is 0 Å². The van der Waals surface area contributed by atoms with Gasteiger partial charge in [0.2, 0.25) is 0 Å². The van der Waals surface area contributed by atoms with Gasteiger partial charge in [0.15, 0.2) is 0 Å². The Bertz CT molecular complexity index is 281. The largest absolute Gasteiger partial charge is 0.257 e. The van der Waals surface area contributed by atoms with Crippen molar-refractivity contribution in [3.63, 3.8) is 0 Å². The standard InChI is InChI=1S/C11H16FN/c1-4-9-6-5-7-10(13-9)11(2,3)8-12/h5-7H,4,8H2,1-3H3. The third-order valence-corrected chi connectivity index (χ3v) is 2.20. The average molecular weight is 181 g/mol. The molecule has 72 valence electrons. The van der Waals surface area contributed by atoms with E-state index in [-0.39, 0.29) is 6.67 Å². The molecular weight excluding hydrogens is 165 g/mol. The molecule has 1 nitrogen and oxygen atoms in total. The molecule has 0 bridgehead atoms.